The lowest BCUT2D eigenvalue weighted by Crippen LogP contribution is -2.31. The van der Waals surface area contributed by atoms with Crippen LogP contribution in [-0.2, 0) is 4.74 Å². The maximum Gasteiger partial charge on any atom is 0.0897 e. The molecule has 2 N–H and O–H groups in total. The van der Waals surface area contributed by atoms with Gasteiger partial charge in [0.1, 0.15) is 0 Å². The summed E-state index contributed by atoms with van der Waals surface area (Å²) in [7, 11) is 0. The predicted molar refractivity (Wildman–Crippen MR) is 90.6 cm³/mol. The van der Waals surface area contributed by atoms with Gasteiger partial charge < -0.3 is 15.2 Å². The van der Waals surface area contributed by atoms with Crippen molar-refractivity contribution >= 4 is 11.8 Å². The van der Waals surface area contributed by atoms with Crippen molar-refractivity contribution in [2.45, 2.75) is 51.6 Å². The number of nitrogens with one attached hydrogen (secondary N) is 1. The van der Waals surface area contributed by atoms with Crippen LogP contribution in [-0.4, -0.2) is 49.0 Å². The fourth-order valence-electron chi connectivity index (χ4n) is 1.84. The molecule has 0 saturated heterocycles. The zero-order valence-corrected chi connectivity index (χ0v) is 13.9. The molecule has 0 aliphatic carbocycles. The van der Waals surface area contributed by atoms with Crippen molar-refractivity contribution in [3.05, 3.63) is 12.7 Å². The zero-order chi connectivity index (χ0) is 14.9. The Hall–Kier alpha value is -0.0300. The summed E-state index contributed by atoms with van der Waals surface area (Å²) in [6, 6.07) is 0. The fraction of sp³-hybridized carbons (Fsp3) is 0.875. The molecule has 0 saturated carbocycles. The van der Waals surface area contributed by atoms with Crippen molar-refractivity contribution in [3.8, 4) is 0 Å². The molecule has 0 aromatic rings. The molecule has 0 bridgehead atoms. The van der Waals surface area contributed by atoms with Crippen molar-refractivity contribution in [1.82, 2.24) is 5.32 Å². The Bertz CT molecular complexity index is 203. The van der Waals surface area contributed by atoms with Gasteiger partial charge in [0.2, 0.25) is 0 Å². The summed E-state index contributed by atoms with van der Waals surface area (Å²) >= 11 is 1.84. The van der Waals surface area contributed by atoms with E-state index < -0.39 is 0 Å². The van der Waals surface area contributed by atoms with Crippen LogP contribution in [0, 0.1) is 0 Å². The Labute approximate surface area is 129 Å². The third-order valence-corrected chi connectivity index (χ3v) is 3.96. The molecule has 0 aliphatic rings. The number of ether oxygens (including phenoxy) is 1. The lowest BCUT2D eigenvalue weighted by atomic mass is 10.1. The first-order valence-electron chi connectivity index (χ1n) is 7.96. The molecule has 4 heteroatoms. The molecule has 0 aliphatic heterocycles. The number of hydrogen-bond donors (Lipinski definition) is 2. The van der Waals surface area contributed by atoms with Crippen molar-refractivity contribution in [1.29, 1.82) is 0 Å². The highest BCUT2D eigenvalue weighted by Crippen LogP contribution is 2.04. The molecule has 0 radical (unpaired) electrons. The zero-order valence-electron chi connectivity index (χ0n) is 13.1. The third-order valence-electron chi connectivity index (χ3n) is 2.99. The minimum Gasteiger partial charge on any atom is -0.389 e. The number of hydrogen-bond acceptors (Lipinski definition) is 4. The smallest absolute Gasteiger partial charge is 0.0897 e. The van der Waals surface area contributed by atoms with E-state index in [1.807, 2.05) is 17.8 Å². The lowest BCUT2D eigenvalue weighted by molar-refractivity contribution is 0.0357. The summed E-state index contributed by atoms with van der Waals surface area (Å²) in [5, 5.41) is 12.9. The number of thioether (sulfide) groups is 1. The van der Waals surface area contributed by atoms with Gasteiger partial charge in [0.15, 0.2) is 0 Å². The molecule has 3 nitrogen and oxygen atoms in total. The van der Waals surface area contributed by atoms with Crippen LogP contribution in [0.4, 0.5) is 0 Å². The van der Waals surface area contributed by atoms with Crippen LogP contribution >= 0.6 is 11.8 Å². The van der Waals surface area contributed by atoms with Crippen LogP contribution in [0.1, 0.15) is 45.4 Å². The van der Waals surface area contributed by atoms with Crippen molar-refractivity contribution in [2.24, 2.45) is 0 Å². The highest BCUT2D eigenvalue weighted by Gasteiger charge is 2.03. The summed E-state index contributed by atoms with van der Waals surface area (Å²) in [6.07, 6.45) is 9.17. The average Bonchev–Trinajstić information content (AvgIpc) is 2.45. The summed E-state index contributed by atoms with van der Waals surface area (Å²) in [6.45, 7) is 8.67. The van der Waals surface area contributed by atoms with E-state index in [0.717, 1.165) is 31.1 Å². The fourth-order valence-corrected chi connectivity index (χ4v) is 2.46. The SMILES string of the molecule is C=CCSCCNCC(O)COCCCCCCCC. The first kappa shape index (κ1) is 20.0. The van der Waals surface area contributed by atoms with E-state index >= 15 is 0 Å². The summed E-state index contributed by atoms with van der Waals surface area (Å²) in [5.41, 5.74) is 0. The maximum absolute atomic E-state index is 9.71. The maximum atomic E-state index is 9.71. The number of aliphatic hydroxyl groups is 1. The van der Waals surface area contributed by atoms with Gasteiger partial charge in [-0.2, -0.15) is 11.8 Å². The van der Waals surface area contributed by atoms with E-state index in [9.17, 15) is 5.11 Å². The minimum absolute atomic E-state index is 0.389. The third kappa shape index (κ3) is 16.0. The van der Waals surface area contributed by atoms with Gasteiger partial charge in [0.05, 0.1) is 12.7 Å². The molecule has 120 valence electrons. The van der Waals surface area contributed by atoms with Crippen LogP contribution in [0.3, 0.4) is 0 Å². The topological polar surface area (TPSA) is 41.5 Å². The van der Waals surface area contributed by atoms with Gasteiger partial charge in [-0.3, -0.25) is 0 Å². The Kier molecular flexibility index (Phi) is 17.0. The van der Waals surface area contributed by atoms with E-state index in [2.05, 4.69) is 18.8 Å². The van der Waals surface area contributed by atoms with Gasteiger partial charge in [0.25, 0.3) is 0 Å². The highest BCUT2D eigenvalue weighted by atomic mass is 32.2. The quantitative estimate of drug-likeness (QED) is 0.339. The molecular weight excluding hydrogens is 270 g/mol. The molecule has 0 spiro atoms. The summed E-state index contributed by atoms with van der Waals surface area (Å²) in [4.78, 5) is 0. The lowest BCUT2D eigenvalue weighted by Gasteiger charge is -2.12. The van der Waals surface area contributed by atoms with Gasteiger partial charge >= 0.3 is 0 Å². The molecule has 0 heterocycles. The van der Waals surface area contributed by atoms with E-state index in [0.29, 0.717) is 13.2 Å². The highest BCUT2D eigenvalue weighted by molar-refractivity contribution is 7.99. The number of rotatable bonds is 16. The molecule has 1 unspecified atom stereocenters. The Balaban J connectivity index is 3.12. The second-order valence-corrected chi connectivity index (χ2v) is 6.21. The monoisotopic (exact) mass is 303 g/mol. The molecular formula is C16H33NO2S. The molecule has 0 amide bonds. The Morgan fingerprint density at radius 1 is 1.25 bits per heavy atom. The number of aliphatic hydroxyl groups excluding tert-OH is 1. The largest absolute Gasteiger partial charge is 0.389 e. The van der Waals surface area contributed by atoms with Crippen LogP contribution in [0.25, 0.3) is 0 Å². The van der Waals surface area contributed by atoms with Crippen LogP contribution in [0.15, 0.2) is 12.7 Å². The molecule has 0 rings (SSSR count). The number of unbranched alkanes of at least 4 members (excludes halogenated alkanes) is 5. The Morgan fingerprint density at radius 3 is 2.75 bits per heavy atom. The van der Waals surface area contributed by atoms with E-state index in [1.165, 1.54) is 32.1 Å². The van der Waals surface area contributed by atoms with Gasteiger partial charge in [-0.25, -0.2) is 0 Å². The molecule has 20 heavy (non-hydrogen) atoms. The van der Waals surface area contributed by atoms with Gasteiger partial charge in [-0.05, 0) is 6.42 Å². The minimum atomic E-state index is -0.389. The normalized spacial score (nSPS) is 12.5. The molecule has 1 atom stereocenters. The van der Waals surface area contributed by atoms with Gasteiger partial charge in [-0.1, -0.05) is 45.1 Å². The second-order valence-electron chi connectivity index (χ2n) is 5.06. The van der Waals surface area contributed by atoms with E-state index in [-0.39, 0.29) is 6.10 Å². The van der Waals surface area contributed by atoms with Crippen molar-refractivity contribution in [2.75, 3.05) is 37.8 Å². The Morgan fingerprint density at radius 2 is 2.00 bits per heavy atom. The first-order valence-corrected chi connectivity index (χ1v) is 9.11. The van der Waals surface area contributed by atoms with Gasteiger partial charge in [0, 0.05) is 31.2 Å². The van der Waals surface area contributed by atoms with Crippen LogP contribution < -0.4 is 5.32 Å². The first-order chi connectivity index (χ1) is 9.81. The predicted octanol–water partition coefficient (Wildman–Crippen LogP) is 3.23. The van der Waals surface area contributed by atoms with Crippen LogP contribution in [0.5, 0.6) is 0 Å². The van der Waals surface area contributed by atoms with E-state index in [1.54, 1.807) is 0 Å². The summed E-state index contributed by atoms with van der Waals surface area (Å²) < 4.78 is 5.49. The average molecular weight is 304 g/mol. The molecule has 0 aromatic heterocycles. The van der Waals surface area contributed by atoms with Crippen molar-refractivity contribution < 1.29 is 9.84 Å². The van der Waals surface area contributed by atoms with Crippen LogP contribution in [0.2, 0.25) is 0 Å². The van der Waals surface area contributed by atoms with E-state index in [4.69, 9.17) is 4.74 Å². The molecule has 0 fully saturated rings. The standard InChI is InChI=1S/C16H33NO2S/c1-3-5-6-7-8-9-11-19-15-16(18)14-17-10-13-20-12-4-2/h4,16-18H,2-3,5-15H2,1H3. The summed E-state index contributed by atoms with van der Waals surface area (Å²) in [5.74, 6) is 2.04. The van der Waals surface area contributed by atoms with Gasteiger partial charge in [-0.15, -0.1) is 6.58 Å². The van der Waals surface area contributed by atoms with Crippen molar-refractivity contribution in [3.63, 3.8) is 0 Å². The second kappa shape index (κ2) is 17.0. The molecule has 0 aromatic carbocycles.